The lowest BCUT2D eigenvalue weighted by molar-refractivity contribution is -0.123. The Hall–Kier alpha value is -1.82. The van der Waals surface area contributed by atoms with Gasteiger partial charge in [-0.25, -0.2) is 4.39 Å². The fourth-order valence-corrected chi connectivity index (χ4v) is 5.25. The summed E-state index contributed by atoms with van der Waals surface area (Å²) in [4.78, 5) is 28.3. The van der Waals surface area contributed by atoms with Crippen LogP contribution < -0.4 is 4.90 Å². The lowest BCUT2D eigenvalue weighted by Gasteiger charge is -2.47. The lowest BCUT2D eigenvalue weighted by atomic mass is 9.79. The molecule has 0 radical (unpaired) electrons. The Morgan fingerprint density at radius 3 is 2.56 bits per heavy atom. The average Bonchev–Trinajstić information content (AvgIpc) is 2.82. The second-order valence-corrected chi connectivity index (χ2v) is 9.23. The van der Waals surface area contributed by atoms with Crippen LogP contribution >= 0.6 is 11.8 Å². The van der Waals surface area contributed by atoms with Crippen molar-refractivity contribution in [3.8, 4) is 0 Å². The maximum Gasteiger partial charge on any atom is 0.293 e. The number of amides is 2. The number of fused-ring (bicyclic) bond motifs is 1. The van der Waals surface area contributed by atoms with Crippen LogP contribution in [-0.4, -0.2) is 34.2 Å². The monoisotopic (exact) mass is 390 g/mol. The normalized spacial score (nSPS) is 23.6. The van der Waals surface area contributed by atoms with Crippen LogP contribution in [0.2, 0.25) is 0 Å². The molecule has 3 rings (SSSR count). The van der Waals surface area contributed by atoms with Gasteiger partial charge in [0.05, 0.1) is 4.91 Å². The van der Waals surface area contributed by atoms with E-state index in [1.165, 1.54) is 11.0 Å². The summed E-state index contributed by atoms with van der Waals surface area (Å²) in [5, 5.41) is -0.299. The zero-order valence-corrected chi connectivity index (χ0v) is 17.6. The van der Waals surface area contributed by atoms with E-state index in [1.807, 2.05) is 6.07 Å². The zero-order chi connectivity index (χ0) is 20.1. The molecule has 2 aliphatic rings. The van der Waals surface area contributed by atoms with Gasteiger partial charge in [-0.15, -0.1) is 0 Å². The summed E-state index contributed by atoms with van der Waals surface area (Å²) in [6, 6.07) is 3.21. The van der Waals surface area contributed by atoms with Gasteiger partial charge >= 0.3 is 0 Å². The molecule has 2 aliphatic heterocycles. The van der Waals surface area contributed by atoms with Gasteiger partial charge in [0.2, 0.25) is 0 Å². The molecule has 1 aromatic rings. The third-order valence-corrected chi connectivity index (χ3v) is 6.33. The Morgan fingerprint density at radius 2 is 2.00 bits per heavy atom. The van der Waals surface area contributed by atoms with E-state index in [-0.39, 0.29) is 39.4 Å². The largest absolute Gasteiger partial charge is 0.366 e. The first kappa shape index (κ1) is 19.9. The lowest BCUT2D eigenvalue weighted by Crippen LogP contribution is -2.48. The third-order valence-electron chi connectivity index (χ3n) is 5.45. The fourth-order valence-electron chi connectivity index (χ4n) is 4.30. The minimum absolute atomic E-state index is 0.0327. The maximum absolute atomic E-state index is 14.9. The Morgan fingerprint density at radius 1 is 1.33 bits per heavy atom. The number of carbonyl (C=O) groups is 2. The predicted molar refractivity (Wildman–Crippen MR) is 109 cm³/mol. The second kappa shape index (κ2) is 6.97. The SMILES string of the molecule is CCN1c2cc(F)c(/C=C3/SC(=O)N(C(C)C)C3=O)cc2C(C)CC1(C)C. The number of thioether (sulfide) groups is 1. The summed E-state index contributed by atoms with van der Waals surface area (Å²) in [6.07, 6.45) is 2.49. The van der Waals surface area contributed by atoms with Gasteiger partial charge in [0.25, 0.3) is 11.1 Å². The summed E-state index contributed by atoms with van der Waals surface area (Å²) >= 11 is 0.878. The highest BCUT2D eigenvalue weighted by atomic mass is 32.2. The van der Waals surface area contributed by atoms with Gasteiger partial charge in [-0.05, 0) is 82.5 Å². The predicted octanol–water partition coefficient (Wildman–Crippen LogP) is 5.38. The van der Waals surface area contributed by atoms with Gasteiger partial charge in [-0.2, -0.15) is 0 Å². The molecule has 0 spiro atoms. The van der Waals surface area contributed by atoms with Crippen molar-refractivity contribution in [3.63, 3.8) is 0 Å². The maximum atomic E-state index is 14.9. The number of rotatable bonds is 3. The first-order chi connectivity index (χ1) is 12.6. The van der Waals surface area contributed by atoms with E-state index in [4.69, 9.17) is 0 Å². The molecule has 1 aromatic carbocycles. The highest BCUT2D eigenvalue weighted by molar-refractivity contribution is 8.18. The van der Waals surface area contributed by atoms with Gasteiger partial charge in [0.15, 0.2) is 0 Å². The van der Waals surface area contributed by atoms with Crippen molar-refractivity contribution < 1.29 is 14.0 Å². The van der Waals surface area contributed by atoms with Crippen molar-refractivity contribution in [2.75, 3.05) is 11.4 Å². The van der Waals surface area contributed by atoms with Crippen LogP contribution in [0, 0.1) is 5.82 Å². The van der Waals surface area contributed by atoms with E-state index in [9.17, 15) is 14.0 Å². The van der Waals surface area contributed by atoms with Crippen molar-refractivity contribution in [2.45, 2.75) is 65.5 Å². The van der Waals surface area contributed by atoms with Crippen molar-refractivity contribution in [3.05, 3.63) is 34.0 Å². The fraction of sp³-hybridized carbons (Fsp3) is 0.524. The summed E-state index contributed by atoms with van der Waals surface area (Å²) in [7, 11) is 0. The van der Waals surface area contributed by atoms with E-state index in [1.54, 1.807) is 19.9 Å². The molecule has 0 aromatic heterocycles. The Labute approximate surface area is 164 Å². The molecule has 1 fully saturated rings. The van der Waals surface area contributed by atoms with Crippen LogP contribution in [0.5, 0.6) is 0 Å². The molecule has 2 amide bonds. The molecule has 146 valence electrons. The van der Waals surface area contributed by atoms with Crippen molar-refractivity contribution in [1.82, 2.24) is 4.90 Å². The van der Waals surface area contributed by atoms with E-state index >= 15 is 0 Å². The van der Waals surface area contributed by atoms with Crippen LogP contribution in [0.3, 0.4) is 0 Å². The van der Waals surface area contributed by atoms with Crippen LogP contribution in [0.25, 0.3) is 6.08 Å². The van der Waals surface area contributed by atoms with E-state index in [0.717, 1.165) is 36.0 Å². The molecule has 0 saturated carbocycles. The molecule has 4 nitrogen and oxygen atoms in total. The molecule has 27 heavy (non-hydrogen) atoms. The van der Waals surface area contributed by atoms with Crippen molar-refractivity contribution in [2.24, 2.45) is 0 Å². The van der Waals surface area contributed by atoms with Gasteiger partial charge in [0, 0.05) is 29.4 Å². The molecule has 1 unspecified atom stereocenters. The van der Waals surface area contributed by atoms with Crippen molar-refractivity contribution >= 4 is 34.7 Å². The number of nitrogens with zero attached hydrogens (tertiary/aromatic N) is 2. The third kappa shape index (κ3) is 3.40. The van der Waals surface area contributed by atoms with Crippen LogP contribution in [0.1, 0.15) is 65.0 Å². The quantitative estimate of drug-likeness (QED) is 0.650. The number of benzene rings is 1. The molecule has 6 heteroatoms. The molecular formula is C21H27FN2O2S. The van der Waals surface area contributed by atoms with E-state index < -0.39 is 0 Å². The number of halogens is 1. The van der Waals surface area contributed by atoms with Gasteiger partial charge < -0.3 is 4.90 Å². The summed E-state index contributed by atoms with van der Waals surface area (Å²) in [5.74, 6) is -0.425. The Balaban J connectivity index is 2.04. The first-order valence-corrected chi connectivity index (χ1v) is 10.3. The van der Waals surface area contributed by atoms with Gasteiger partial charge in [0.1, 0.15) is 5.82 Å². The number of anilines is 1. The topological polar surface area (TPSA) is 40.6 Å². The molecule has 0 N–H and O–H groups in total. The van der Waals surface area contributed by atoms with Crippen LogP contribution in [-0.2, 0) is 4.79 Å². The van der Waals surface area contributed by atoms with Gasteiger partial charge in [-0.1, -0.05) is 6.92 Å². The molecule has 2 heterocycles. The van der Waals surface area contributed by atoms with E-state index in [2.05, 4.69) is 32.6 Å². The average molecular weight is 391 g/mol. The molecule has 0 aliphatic carbocycles. The Kier molecular flexibility index (Phi) is 5.14. The van der Waals surface area contributed by atoms with Gasteiger partial charge in [-0.3, -0.25) is 14.5 Å². The first-order valence-electron chi connectivity index (χ1n) is 9.45. The number of carbonyl (C=O) groups excluding carboxylic acids is 2. The number of imide groups is 1. The molecule has 0 bridgehead atoms. The summed E-state index contributed by atoms with van der Waals surface area (Å²) in [5.41, 5.74) is 2.35. The summed E-state index contributed by atoms with van der Waals surface area (Å²) in [6.45, 7) is 13.0. The minimum Gasteiger partial charge on any atom is -0.366 e. The van der Waals surface area contributed by atoms with Crippen molar-refractivity contribution in [1.29, 1.82) is 0 Å². The highest BCUT2D eigenvalue weighted by Gasteiger charge is 2.38. The zero-order valence-electron chi connectivity index (χ0n) is 16.8. The molecular weight excluding hydrogens is 363 g/mol. The second-order valence-electron chi connectivity index (χ2n) is 8.24. The molecule has 1 saturated heterocycles. The van der Waals surface area contributed by atoms with E-state index in [0.29, 0.717) is 5.56 Å². The van der Waals surface area contributed by atoms with Crippen LogP contribution in [0.15, 0.2) is 17.0 Å². The Bertz CT molecular complexity index is 832. The smallest absolute Gasteiger partial charge is 0.293 e. The molecule has 1 atom stereocenters. The van der Waals surface area contributed by atoms with Crippen LogP contribution in [0.4, 0.5) is 14.9 Å². The number of hydrogen-bond acceptors (Lipinski definition) is 4. The highest BCUT2D eigenvalue weighted by Crippen LogP contribution is 2.44. The summed E-state index contributed by atoms with van der Waals surface area (Å²) < 4.78 is 14.9. The minimum atomic E-state index is -0.367. The number of hydrogen-bond donors (Lipinski definition) is 0. The standard InChI is InChI=1S/C21H27FN2O2S/c1-7-23-17-10-16(22)14(8-15(17)13(4)11-21(23,5)6)9-18-19(25)24(12(2)3)20(26)27-18/h8-10,12-13H,7,11H2,1-6H3/b18-9+.